The van der Waals surface area contributed by atoms with Crippen LogP contribution in [0, 0.1) is 13.8 Å². The predicted octanol–water partition coefficient (Wildman–Crippen LogP) is 4.72. The lowest BCUT2D eigenvalue weighted by Crippen LogP contribution is -2.37. The van der Waals surface area contributed by atoms with Gasteiger partial charge < -0.3 is 10.2 Å². The van der Waals surface area contributed by atoms with E-state index in [-0.39, 0.29) is 10.8 Å². The molecule has 2 aliphatic rings. The quantitative estimate of drug-likeness (QED) is 0.708. The van der Waals surface area contributed by atoms with Gasteiger partial charge >= 0.3 is 0 Å². The number of carbonyl (C=O) groups is 1. The molecule has 0 aliphatic carbocycles. The number of nitrogens with one attached hydrogen (secondary N) is 1. The van der Waals surface area contributed by atoms with E-state index in [0.717, 1.165) is 62.0 Å². The van der Waals surface area contributed by atoms with Gasteiger partial charge in [-0.1, -0.05) is 12.5 Å². The maximum atomic E-state index is 13.6. The normalized spacial score (nSPS) is 17.9. The molecule has 7 heteroatoms. The first-order valence-electron chi connectivity index (χ1n) is 11.6. The molecule has 0 bridgehead atoms. The highest BCUT2D eigenvalue weighted by Crippen LogP contribution is 2.32. The summed E-state index contributed by atoms with van der Waals surface area (Å²) in [4.78, 5) is 15.4. The summed E-state index contributed by atoms with van der Waals surface area (Å²) in [6.45, 7) is 6.80. The van der Waals surface area contributed by atoms with Crippen LogP contribution in [0.2, 0.25) is 0 Å². The van der Waals surface area contributed by atoms with Crippen LogP contribution in [0.1, 0.15) is 60.0 Å². The fourth-order valence-electron chi connectivity index (χ4n) is 4.52. The minimum Gasteiger partial charge on any atom is -0.370 e. The van der Waals surface area contributed by atoms with Gasteiger partial charge in [0.1, 0.15) is 4.90 Å². The fourth-order valence-corrected chi connectivity index (χ4v) is 6.28. The molecule has 2 aliphatic heterocycles. The van der Waals surface area contributed by atoms with Crippen molar-refractivity contribution in [3.63, 3.8) is 0 Å². The van der Waals surface area contributed by atoms with E-state index in [4.69, 9.17) is 0 Å². The summed E-state index contributed by atoms with van der Waals surface area (Å²) in [6, 6.07) is 10.9. The second kappa shape index (κ2) is 9.63. The Morgan fingerprint density at radius 3 is 2.12 bits per heavy atom. The average Bonchev–Trinajstić information content (AvgIpc) is 2.82. The van der Waals surface area contributed by atoms with E-state index in [1.165, 1.54) is 6.42 Å². The monoisotopic (exact) mass is 455 g/mol. The van der Waals surface area contributed by atoms with Gasteiger partial charge in [0, 0.05) is 37.4 Å². The molecular formula is C25H33N3O3S. The smallest absolute Gasteiger partial charge is 0.255 e. The molecule has 1 N–H and O–H groups in total. The van der Waals surface area contributed by atoms with E-state index < -0.39 is 10.0 Å². The van der Waals surface area contributed by atoms with Gasteiger partial charge in [0.05, 0.1) is 5.69 Å². The van der Waals surface area contributed by atoms with Gasteiger partial charge in [-0.25, -0.2) is 8.42 Å². The van der Waals surface area contributed by atoms with Gasteiger partial charge in [-0.15, -0.1) is 0 Å². The Kier molecular flexibility index (Phi) is 6.86. The molecule has 2 aromatic rings. The van der Waals surface area contributed by atoms with Crippen molar-refractivity contribution >= 4 is 27.3 Å². The van der Waals surface area contributed by atoms with Crippen LogP contribution < -0.4 is 10.2 Å². The summed E-state index contributed by atoms with van der Waals surface area (Å²) in [5.74, 6) is -0.298. The van der Waals surface area contributed by atoms with Crippen LogP contribution in [0.3, 0.4) is 0 Å². The Balaban J connectivity index is 1.69. The molecule has 0 aromatic heterocycles. The first kappa shape index (κ1) is 22.8. The summed E-state index contributed by atoms with van der Waals surface area (Å²) in [7, 11) is -3.67. The summed E-state index contributed by atoms with van der Waals surface area (Å²) < 4.78 is 28.9. The topological polar surface area (TPSA) is 69.7 Å². The van der Waals surface area contributed by atoms with Crippen molar-refractivity contribution < 1.29 is 13.2 Å². The molecular weight excluding hydrogens is 422 g/mol. The zero-order valence-corrected chi connectivity index (χ0v) is 19.9. The molecule has 4 rings (SSSR count). The molecule has 32 heavy (non-hydrogen) atoms. The van der Waals surface area contributed by atoms with E-state index in [1.807, 2.05) is 38.1 Å². The lowest BCUT2D eigenvalue weighted by atomic mass is 10.1. The number of sulfonamides is 1. The number of hydrogen-bond donors (Lipinski definition) is 1. The van der Waals surface area contributed by atoms with Crippen molar-refractivity contribution in [3.05, 3.63) is 53.1 Å². The standard InChI is InChI=1S/C25H33N3O3S/c1-19-9-11-22(17-20(19)2)26-25(29)21-10-12-23(27-13-5-3-6-14-27)24(18-21)32(30,31)28-15-7-4-8-16-28/h9-12,17-18H,3-8,13-16H2,1-2H3,(H,26,29). The highest BCUT2D eigenvalue weighted by Gasteiger charge is 2.31. The molecule has 2 heterocycles. The predicted molar refractivity (Wildman–Crippen MR) is 129 cm³/mol. The van der Waals surface area contributed by atoms with Gasteiger partial charge in [0.15, 0.2) is 0 Å². The van der Waals surface area contributed by atoms with E-state index in [9.17, 15) is 13.2 Å². The Morgan fingerprint density at radius 1 is 0.812 bits per heavy atom. The number of carbonyl (C=O) groups excluding carboxylic acids is 1. The molecule has 6 nitrogen and oxygen atoms in total. The average molecular weight is 456 g/mol. The van der Waals surface area contributed by atoms with Crippen molar-refractivity contribution in [2.24, 2.45) is 0 Å². The molecule has 0 unspecified atom stereocenters. The molecule has 2 aromatic carbocycles. The van der Waals surface area contributed by atoms with Crippen LogP contribution in [0.25, 0.3) is 0 Å². The van der Waals surface area contributed by atoms with E-state index >= 15 is 0 Å². The second-order valence-corrected chi connectivity index (χ2v) is 10.9. The Labute approximate surface area is 191 Å². The molecule has 1 amide bonds. The van der Waals surface area contributed by atoms with E-state index in [0.29, 0.717) is 24.3 Å². The van der Waals surface area contributed by atoms with Crippen LogP contribution in [0.15, 0.2) is 41.3 Å². The molecule has 0 atom stereocenters. The minimum atomic E-state index is -3.67. The summed E-state index contributed by atoms with van der Waals surface area (Å²) in [5, 5.41) is 2.92. The molecule has 0 spiro atoms. The van der Waals surface area contributed by atoms with Crippen LogP contribution >= 0.6 is 0 Å². The Morgan fingerprint density at radius 2 is 1.47 bits per heavy atom. The number of aryl methyl sites for hydroxylation is 2. The third-order valence-electron chi connectivity index (χ3n) is 6.62. The molecule has 2 saturated heterocycles. The lowest BCUT2D eigenvalue weighted by molar-refractivity contribution is 0.102. The van der Waals surface area contributed by atoms with Crippen molar-refractivity contribution in [2.75, 3.05) is 36.4 Å². The van der Waals surface area contributed by atoms with Crippen molar-refractivity contribution in [3.8, 4) is 0 Å². The first-order chi connectivity index (χ1) is 15.4. The number of rotatable bonds is 5. The van der Waals surface area contributed by atoms with Crippen LogP contribution in [0.4, 0.5) is 11.4 Å². The zero-order valence-electron chi connectivity index (χ0n) is 19.1. The Bertz CT molecular complexity index is 1090. The van der Waals surface area contributed by atoms with Crippen molar-refractivity contribution in [1.82, 2.24) is 4.31 Å². The Hall–Kier alpha value is -2.38. The third-order valence-corrected chi connectivity index (χ3v) is 8.54. The second-order valence-electron chi connectivity index (χ2n) is 8.95. The number of anilines is 2. The summed E-state index contributed by atoms with van der Waals surface area (Å²) in [6.07, 6.45) is 6.09. The number of benzene rings is 2. The SMILES string of the molecule is Cc1ccc(NC(=O)c2ccc(N3CCCCC3)c(S(=O)(=O)N3CCCCC3)c2)cc1C. The van der Waals surface area contributed by atoms with Crippen LogP contribution in [0.5, 0.6) is 0 Å². The highest BCUT2D eigenvalue weighted by atomic mass is 32.2. The zero-order chi connectivity index (χ0) is 22.7. The van der Waals surface area contributed by atoms with Crippen molar-refractivity contribution in [1.29, 1.82) is 0 Å². The first-order valence-corrected chi connectivity index (χ1v) is 13.1. The number of hydrogen-bond acceptors (Lipinski definition) is 4. The minimum absolute atomic E-state index is 0.258. The van der Waals surface area contributed by atoms with Gasteiger partial charge in [0.25, 0.3) is 5.91 Å². The van der Waals surface area contributed by atoms with Crippen LogP contribution in [-0.2, 0) is 10.0 Å². The molecule has 0 radical (unpaired) electrons. The van der Waals surface area contributed by atoms with Crippen molar-refractivity contribution in [2.45, 2.75) is 57.3 Å². The van der Waals surface area contributed by atoms with Gasteiger partial charge in [-0.3, -0.25) is 4.79 Å². The van der Waals surface area contributed by atoms with E-state index in [1.54, 1.807) is 16.4 Å². The van der Waals surface area contributed by atoms with Gasteiger partial charge in [0.2, 0.25) is 10.0 Å². The highest BCUT2D eigenvalue weighted by molar-refractivity contribution is 7.89. The molecule has 0 saturated carbocycles. The maximum Gasteiger partial charge on any atom is 0.255 e. The van der Waals surface area contributed by atoms with Gasteiger partial charge in [-0.2, -0.15) is 4.31 Å². The summed E-state index contributed by atoms with van der Waals surface area (Å²) >= 11 is 0. The van der Waals surface area contributed by atoms with E-state index in [2.05, 4.69) is 10.2 Å². The third kappa shape index (κ3) is 4.84. The number of piperidine rings is 2. The molecule has 172 valence electrons. The number of amides is 1. The maximum absolute atomic E-state index is 13.6. The molecule has 2 fully saturated rings. The van der Waals surface area contributed by atoms with Crippen LogP contribution in [-0.4, -0.2) is 44.8 Å². The summed E-state index contributed by atoms with van der Waals surface area (Å²) in [5.41, 5.74) is 4.04. The fraction of sp³-hybridized carbons (Fsp3) is 0.480. The largest absolute Gasteiger partial charge is 0.370 e. The van der Waals surface area contributed by atoms with Gasteiger partial charge in [-0.05, 0) is 87.4 Å². The lowest BCUT2D eigenvalue weighted by Gasteiger charge is -2.33. The number of nitrogens with zero attached hydrogens (tertiary/aromatic N) is 2.